The first-order chi connectivity index (χ1) is 15.5. The molecular weight excluding hydrogens is 398 g/mol. The lowest BCUT2D eigenvalue weighted by molar-refractivity contribution is -0.130. The van der Waals surface area contributed by atoms with Crippen LogP contribution in [0, 0.1) is 13.8 Å². The summed E-state index contributed by atoms with van der Waals surface area (Å²) in [6.07, 6.45) is 0.455. The molecule has 1 saturated heterocycles. The van der Waals surface area contributed by atoms with Gasteiger partial charge in [-0.2, -0.15) is 0 Å². The average Bonchev–Trinajstić information content (AvgIpc) is 2.80. The summed E-state index contributed by atoms with van der Waals surface area (Å²) in [7, 11) is 0. The lowest BCUT2D eigenvalue weighted by Crippen LogP contribution is -2.49. The second kappa shape index (κ2) is 9.69. The van der Waals surface area contributed by atoms with Crippen LogP contribution in [-0.2, 0) is 11.2 Å². The molecule has 32 heavy (non-hydrogen) atoms. The molecule has 4 rings (SSSR count). The number of carbonyl (C=O) groups is 2. The van der Waals surface area contributed by atoms with Gasteiger partial charge in [-0.05, 0) is 55.8 Å². The van der Waals surface area contributed by atoms with Gasteiger partial charge < -0.3 is 15.1 Å². The van der Waals surface area contributed by atoms with Gasteiger partial charge in [0, 0.05) is 43.1 Å². The maximum atomic E-state index is 12.7. The number of hydrogen-bond donors (Lipinski definition) is 1. The average molecular weight is 428 g/mol. The minimum atomic E-state index is -0.113. The van der Waals surface area contributed by atoms with Crippen molar-refractivity contribution in [3.8, 4) is 0 Å². The molecule has 0 saturated carbocycles. The number of nitrogens with one attached hydrogen (secondary N) is 1. The molecule has 0 radical (unpaired) electrons. The first-order valence-electron chi connectivity index (χ1n) is 11.0. The largest absolute Gasteiger partial charge is 0.368 e. The highest BCUT2D eigenvalue weighted by Crippen LogP contribution is 2.20. The highest BCUT2D eigenvalue weighted by molar-refractivity contribution is 6.04. The summed E-state index contributed by atoms with van der Waals surface area (Å²) >= 11 is 0. The van der Waals surface area contributed by atoms with Gasteiger partial charge in [-0.15, -0.1) is 0 Å². The van der Waals surface area contributed by atoms with E-state index in [0.29, 0.717) is 12.0 Å². The van der Waals surface area contributed by atoms with Gasteiger partial charge in [-0.3, -0.25) is 9.59 Å². The molecule has 1 aliphatic rings. The second-order valence-electron chi connectivity index (χ2n) is 8.40. The van der Waals surface area contributed by atoms with E-state index in [1.807, 2.05) is 85.5 Å². The third-order valence-electron chi connectivity index (χ3n) is 5.87. The first-order valence-corrected chi connectivity index (χ1v) is 11.0. The molecule has 0 bridgehead atoms. The van der Waals surface area contributed by atoms with Crippen molar-refractivity contribution in [2.24, 2.45) is 0 Å². The van der Waals surface area contributed by atoms with Crippen molar-refractivity contribution in [3.05, 3.63) is 95.1 Å². The summed E-state index contributed by atoms with van der Waals surface area (Å²) in [5.41, 5.74) is 5.89. The highest BCUT2D eigenvalue weighted by atomic mass is 16.2. The van der Waals surface area contributed by atoms with Gasteiger partial charge in [-0.1, -0.05) is 47.5 Å². The van der Waals surface area contributed by atoms with Gasteiger partial charge in [0.15, 0.2) is 0 Å². The molecule has 0 spiro atoms. The topological polar surface area (TPSA) is 52.7 Å². The molecule has 1 aliphatic heterocycles. The lowest BCUT2D eigenvalue weighted by atomic mass is 10.1. The minimum Gasteiger partial charge on any atom is -0.368 e. The Morgan fingerprint density at radius 2 is 1.50 bits per heavy atom. The fourth-order valence-corrected chi connectivity index (χ4v) is 3.99. The van der Waals surface area contributed by atoms with E-state index in [2.05, 4.69) is 16.3 Å². The van der Waals surface area contributed by atoms with Crippen LogP contribution in [0.5, 0.6) is 0 Å². The predicted octanol–water partition coefficient (Wildman–Crippen LogP) is 4.45. The fourth-order valence-electron chi connectivity index (χ4n) is 3.99. The van der Waals surface area contributed by atoms with Crippen LogP contribution in [0.3, 0.4) is 0 Å². The minimum absolute atomic E-state index is 0.113. The van der Waals surface area contributed by atoms with Crippen molar-refractivity contribution in [3.63, 3.8) is 0 Å². The van der Waals surface area contributed by atoms with E-state index >= 15 is 0 Å². The zero-order valence-electron chi connectivity index (χ0n) is 18.7. The van der Waals surface area contributed by atoms with Gasteiger partial charge in [0.25, 0.3) is 5.91 Å². The molecule has 1 N–H and O–H groups in total. The number of rotatable bonds is 5. The molecule has 0 aliphatic carbocycles. The molecule has 0 atom stereocenters. The number of hydrogen-bond acceptors (Lipinski definition) is 3. The van der Waals surface area contributed by atoms with Gasteiger partial charge >= 0.3 is 0 Å². The van der Waals surface area contributed by atoms with Crippen LogP contribution >= 0.6 is 0 Å². The summed E-state index contributed by atoms with van der Waals surface area (Å²) in [6, 6.07) is 23.6. The molecule has 1 heterocycles. The summed E-state index contributed by atoms with van der Waals surface area (Å²) in [5.74, 6) is 0.0721. The highest BCUT2D eigenvalue weighted by Gasteiger charge is 2.21. The monoisotopic (exact) mass is 427 g/mol. The van der Waals surface area contributed by atoms with Gasteiger partial charge in [0.05, 0.1) is 6.42 Å². The predicted molar refractivity (Wildman–Crippen MR) is 129 cm³/mol. The summed E-state index contributed by atoms with van der Waals surface area (Å²) in [4.78, 5) is 29.3. The molecule has 164 valence electrons. The number of amides is 2. The lowest BCUT2D eigenvalue weighted by Gasteiger charge is -2.36. The zero-order valence-corrected chi connectivity index (χ0v) is 18.7. The number of aryl methyl sites for hydroxylation is 2. The van der Waals surface area contributed by atoms with Crippen LogP contribution in [0.25, 0.3) is 0 Å². The maximum absolute atomic E-state index is 12.7. The Balaban J connectivity index is 1.29. The van der Waals surface area contributed by atoms with Crippen LogP contribution in [0.15, 0.2) is 72.8 Å². The molecule has 2 amide bonds. The smallest absolute Gasteiger partial charge is 0.255 e. The fraction of sp³-hybridized carbons (Fsp3) is 0.259. The van der Waals surface area contributed by atoms with Gasteiger partial charge in [0.1, 0.15) is 0 Å². The first kappa shape index (κ1) is 21.6. The Hall–Kier alpha value is -3.60. The molecule has 3 aromatic rings. The molecule has 5 heteroatoms. The van der Waals surface area contributed by atoms with Crippen LogP contribution in [0.1, 0.15) is 27.0 Å². The van der Waals surface area contributed by atoms with E-state index in [9.17, 15) is 9.59 Å². The Morgan fingerprint density at radius 1 is 0.812 bits per heavy atom. The van der Waals surface area contributed by atoms with Crippen LogP contribution in [0.2, 0.25) is 0 Å². The Kier molecular flexibility index (Phi) is 6.55. The van der Waals surface area contributed by atoms with Crippen molar-refractivity contribution in [2.45, 2.75) is 20.3 Å². The number of benzene rings is 3. The van der Waals surface area contributed by atoms with E-state index < -0.39 is 0 Å². The van der Waals surface area contributed by atoms with E-state index in [0.717, 1.165) is 48.7 Å². The molecule has 0 unspecified atom stereocenters. The molecule has 3 aromatic carbocycles. The molecule has 5 nitrogen and oxygen atoms in total. The number of anilines is 2. The Bertz CT molecular complexity index is 1080. The number of nitrogens with zero attached hydrogens (tertiary/aromatic N) is 2. The Morgan fingerprint density at radius 3 is 2.16 bits per heavy atom. The SMILES string of the molecule is Cc1ccc(C(=O)Nc2ccc(N3CCN(C(=O)Cc4cccc(C)c4)CC3)cc2)cc1. The second-order valence-corrected chi connectivity index (χ2v) is 8.40. The van der Waals surface area contributed by atoms with E-state index in [1.165, 1.54) is 5.56 Å². The van der Waals surface area contributed by atoms with E-state index in [4.69, 9.17) is 0 Å². The third kappa shape index (κ3) is 5.35. The van der Waals surface area contributed by atoms with Crippen LogP contribution < -0.4 is 10.2 Å². The normalized spacial score (nSPS) is 13.7. The quantitative estimate of drug-likeness (QED) is 0.655. The molecule has 0 aromatic heterocycles. The van der Waals surface area contributed by atoms with Crippen molar-refractivity contribution in [1.29, 1.82) is 0 Å². The maximum Gasteiger partial charge on any atom is 0.255 e. The van der Waals surface area contributed by atoms with Crippen LogP contribution in [-0.4, -0.2) is 42.9 Å². The van der Waals surface area contributed by atoms with Crippen molar-refractivity contribution >= 4 is 23.2 Å². The summed E-state index contributed by atoms with van der Waals surface area (Å²) in [6.45, 7) is 7.09. The van der Waals surface area contributed by atoms with Gasteiger partial charge in [-0.25, -0.2) is 0 Å². The summed E-state index contributed by atoms with van der Waals surface area (Å²) in [5, 5.41) is 2.95. The van der Waals surface area contributed by atoms with E-state index in [-0.39, 0.29) is 11.8 Å². The molecule has 1 fully saturated rings. The number of piperazine rings is 1. The van der Waals surface area contributed by atoms with Crippen molar-refractivity contribution < 1.29 is 9.59 Å². The summed E-state index contributed by atoms with van der Waals surface area (Å²) < 4.78 is 0. The van der Waals surface area contributed by atoms with Crippen molar-refractivity contribution in [2.75, 3.05) is 36.4 Å². The van der Waals surface area contributed by atoms with Gasteiger partial charge in [0.2, 0.25) is 5.91 Å². The van der Waals surface area contributed by atoms with E-state index in [1.54, 1.807) is 0 Å². The standard InChI is InChI=1S/C27H29N3O2/c1-20-6-8-23(9-7-20)27(32)28-24-10-12-25(13-11-24)29-14-16-30(17-15-29)26(31)19-22-5-3-4-21(2)18-22/h3-13,18H,14-17,19H2,1-2H3,(H,28,32). The molecular formula is C27H29N3O2. The zero-order chi connectivity index (χ0) is 22.5. The van der Waals surface area contributed by atoms with Crippen molar-refractivity contribution in [1.82, 2.24) is 4.90 Å². The van der Waals surface area contributed by atoms with Crippen LogP contribution in [0.4, 0.5) is 11.4 Å². The third-order valence-corrected chi connectivity index (χ3v) is 5.87. The number of carbonyl (C=O) groups excluding carboxylic acids is 2. The Labute approximate surface area is 189 Å².